The SMILES string of the molecule is CCCn1cc(NC(=O)C(F)F)ccc1=O. The van der Waals surface area contributed by atoms with Gasteiger partial charge in [-0.3, -0.25) is 9.59 Å². The third-order valence-electron chi connectivity index (χ3n) is 1.91. The smallest absolute Gasteiger partial charge is 0.315 e. The van der Waals surface area contributed by atoms with Crippen molar-refractivity contribution in [3.63, 3.8) is 0 Å². The van der Waals surface area contributed by atoms with E-state index in [1.54, 1.807) is 0 Å². The van der Waals surface area contributed by atoms with Crippen molar-refractivity contribution in [3.8, 4) is 0 Å². The molecule has 0 aliphatic carbocycles. The zero-order valence-corrected chi connectivity index (χ0v) is 8.74. The lowest BCUT2D eigenvalue weighted by Gasteiger charge is -2.07. The second kappa shape index (κ2) is 5.39. The summed E-state index contributed by atoms with van der Waals surface area (Å²) in [5.74, 6) is -1.37. The van der Waals surface area contributed by atoms with Crippen LogP contribution in [-0.2, 0) is 11.3 Å². The van der Waals surface area contributed by atoms with Crippen LogP contribution in [0, 0.1) is 0 Å². The minimum Gasteiger partial charge on any atom is -0.320 e. The van der Waals surface area contributed by atoms with Gasteiger partial charge in [0.1, 0.15) is 0 Å². The quantitative estimate of drug-likeness (QED) is 0.851. The van der Waals surface area contributed by atoms with Crippen molar-refractivity contribution in [2.45, 2.75) is 26.3 Å². The zero-order chi connectivity index (χ0) is 12.1. The van der Waals surface area contributed by atoms with E-state index in [1.165, 1.54) is 22.9 Å². The third-order valence-corrected chi connectivity index (χ3v) is 1.91. The van der Waals surface area contributed by atoms with Crippen molar-refractivity contribution >= 4 is 11.6 Å². The van der Waals surface area contributed by atoms with Crippen molar-refractivity contribution in [1.82, 2.24) is 4.57 Å². The van der Waals surface area contributed by atoms with Gasteiger partial charge in [0, 0.05) is 18.8 Å². The highest BCUT2D eigenvalue weighted by atomic mass is 19.3. The van der Waals surface area contributed by atoms with Crippen molar-refractivity contribution < 1.29 is 13.6 Å². The lowest BCUT2D eigenvalue weighted by molar-refractivity contribution is -0.126. The molecule has 0 aliphatic rings. The molecule has 88 valence electrons. The van der Waals surface area contributed by atoms with E-state index in [0.29, 0.717) is 6.54 Å². The lowest BCUT2D eigenvalue weighted by atomic mass is 10.3. The van der Waals surface area contributed by atoms with Crippen LogP contribution in [0.5, 0.6) is 0 Å². The van der Waals surface area contributed by atoms with E-state index in [4.69, 9.17) is 0 Å². The molecule has 0 saturated heterocycles. The van der Waals surface area contributed by atoms with Gasteiger partial charge in [0.15, 0.2) is 0 Å². The number of aryl methyl sites for hydroxylation is 1. The predicted molar refractivity (Wildman–Crippen MR) is 55.6 cm³/mol. The van der Waals surface area contributed by atoms with Crippen LogP contribution in [0.15, 0.2) is 23.1 Å². The molecule has 4 nitrogen and oxygen atoms in total. The number of hydrogen-bond acceptors (Lipinski definition) is 2. The third kappa shape index (κ3) is 3.15. The maximum absolute atomic E-state index is 12.0. The lowest BCUT2D eigenvalue weighted by Crippen LogP contribution is -2.23. The van der Waals surface area contributed by atoms with Crippen LogP contribution in [0.1, 0.15) is 13.3 Å². The minimum atomic E-state index is -3.06. The van der Waals surface area contributed by atoms with Crippen molar-refractivity contribution in [1.29, 1.82) is 0 Å². The maximum atomic E-state index is 12.0. The Hall–Kier alpha value is -1.72. The normalized spacial score (nSPS) is 10.5. The summed E-state index contributed by atoms with van der Waals surface area (Å²) < 4.78 is 25.3. The second-order valence-electron chi connectivity index (χ2n) is 3.24. The van der Waals surface area contributed by atoms with E-state index in [0.717, 1.165) is 6.42 Å². The molecule has 0 atom stereocenters. The largest absolute Gasteiger partial charge is 0.320 e. The second-order valence-corrected chi connectivity index (χ2v) is 3.24. The summed E-state index contributed by atoms with van der Waals surface area (Å²) in [7, 11) is 0. The van der Waals surface area contributed by atoms with E-state index < -0.39 is 12.3 Å². The number of carbonyl (C=O) groups excluding carboxylic acids is 1. The van der Waals surface area contributed by atoms with Crippen molar-refractivity contribution in [2.24, 2.45) is 0 Å². The molecule has 0 radical (unpaired) electrons. The maximum Gasteiger partial charge on any atom is 0.315 e. The first-order valence-corrected chi connectivity index (χ1v) is 4.84. The fraction of sp³-hybridized carbons (Fsp3) is 0.400. The number of nitrogens with one attached hydrogen (secondary N) is 1. The summed E-state index contributed by atoms with van der Waals surface area (Å²) in [6, 6.07) is 2.53. The van der Waals surface area contributed by atoms with Gasteiger partial charge in [-0.15, -0.1) is 0 Å². The summed E-state index contributed by atoms with van der Waals surface area (Å²) in [5, 5.41) is 2.02. The number of pyridine rings is 1. The Labute approximate surface area is 90.9 Å². The summed E-state index contributed by atoms with van der Waals surface area (Å²) in [6.45, 7) is 2.37. The molecular formula is C10H12F2N2O2. The first kappa shape index (κ1) is 12.4. The van der Waals surface area contributed by atoms with Crippen LogP contribution in [-0.4, -0.2) is 16.9 Å². The van der Waals surface area contributed by atoms with Gasteiger partial charge in [-0.1, -0.05) is 6.92 Å². The van der Waals surface area contributed by atoms with Gasteiger partial charge in [0.05, 0.1) is 5.69 Å². The molecule has 1 aromatic heterocycles. The van der Waals surface area contributed by atoms with Crippen LogP contribution < -0.4 is 10.9 Å². The number of anilines is 1. The molecule has 0 bridgehead atoms. The molecule has 0 unspecified atom stereocenters. The topological polar surface area (TPSA) is 51.1 Å². The fourth-order valence-electron chi connectivity index (χ4n) is 1.22. The minimum absolute atomic E-state index is 0.193. The first-order valence-electron chi connectivity index (χ1n) is 4.84. The van der Waals surface area contributed by atoms with E-state index in [2.05, 4.69) is 0 Å². The fourth-order valence-corrected chi connectivity index (χ4v) is 1.22. The number of amides is 1. The van der Waals surface area contributed by atoms with Gasteiger partial charge in [-0.25, -0.2) is 0 Å². The van der Waals surface area contributed by atoms with Gasteiger partial charge in [0.2, 0.25) is 0 Å². The summed E-state index contributed by atoms with van der Waals surface area (Å²) in [5.41, 5.74) is -0.0322. The van der Waals surface area contributed by atoms with Gasteiger partial charge in [-0.05, 0) is 12.5 Å². The Morgan fingerprint density at radius 3 is 2.75 bits per heavy atom. The van der Waals surface area contributed by atoms with Gasteiger partial charge < -0.3 is 9.88 Å². The van der Waals surface area contributed by atoms with E-state index in [1.807, 2.05) is 12.2 Å². The van der Waals surface area contributed by atoms with E-state index >= 15 is 0 Å². The summed E-state index contributed by atoms with van der Waals surface area (Å²) in [6.07, 6.45) is -0.968. The Morgan fingerprint density at radius 2 is 2.19 bits per heavy atom. The first-order chi connectivity index (χ1) is 7.54. The Morgan fingerprint density at radius 1 is 1.50 bits per heavy atom. The predicted octanol–water partition coefficient (Wildman–Crippen LogP) is 1.46. The van der Waals surface area contributed by atoms with Gasteiger partial charge in [0.25, 0.3) is 11.5 Å². The standard InChI is InChI=1S/C10H12F2N2O2/c1-2-5-14-6-7(3-4-8(14)15)13-10(16)9(11)12/h3-4,6,9H,2,5H2,1H3,(H,13,16). The zero-order valence-electron chi connectivity index (χ0n) is 8.74. The molecule has 1 N–H and O–H groups in total. The summed E-state index contributed by atoms with van der Waals surface area (Å²) in [4.78, 5) is 22.0. The highest BCUT2D eigenvalue weighted by molar-refractivity contribution is 5.92. The average Bonchev–Trinajstić information content (AvgIpc) is 2.23. The van der Waals surface area contributed by atoms with Crippen molar-refractivity contribution in [2.75, 3.05) is 5.32 Å². The van der Waals surface area contributed by atoms with Crippen molar-refractivity contribution in [3.05, 3.63) is 28.7 Å². The van der Waals surface area contributed by atoms with Crippen LogP contribution in [0.25, 0.3) is 0 Å². The molecule has 0 aromatic carbocycles. The Bertz CT molecular complexity index is 429. The monoisotopic (exact) mass is 230 g/mol. The van der Waals surface area contributed by atoms with Crippen LogP contribution in [0.4, 0.5) is 14.5 Å². The molecular weight excluding hydrogens is 218 g/mol. The molecule has 1 heterocycles. The number of carbonyl (C=O) groups is 1. The molecule has 6 heteroatoms. The number of alkyl halides is 2. The molecule has 0 saturated carbocycles. The van der Waals surface area contributed by atoms with Crippen LogP contribution >= 0.6 is 0 Å². The number of rotatable bonds is 4. The molecule has 0 spiro atoms. The molecule has 1 rings (SSSR count). The highest BCUT2D eigenvalue weighted by Crippen LogP contribution is 2.06. The molecule has 1 amide bonds. The molecule has 0 aliphatic heterocycles. The molecule has 16 heavy (non-hydrogen) atoms. The number of nitrogens with zero attached hydrogens (tertiary/aromatic N) is 1. The number of hydrogen-bond donors (Lipinski definition) is 1. The van der Waals surface area contributed by atoms with E-state index in [9.17, 15) is 18.4 Å². The highest BCUT2D eigenvalue weighted by Gasteiger charge is 2.15. The molecule has 0 fully saturated rings. The number of halogens is 2. The van der Waals surface area contributed by atoms with Gasteiger partial charge in [-0.2, -0.15) is 8.78 Å². The molecule has 1 aromatic rings. The van der Waals surface area contributed by atoms with Gasteiger partial charge >= 0.3 is 6.43 Å². The Kier molecular flexibility index (Phi) is 4.16. The summed E-state index contributed by atoms with van der Waals surface area (Å²) >= 11 is 0. The average molecular weight is 230 g/mol. The van der Waals surface area contributed by atoms with Crippen LogP contribution in [0.2, 0.25) is 0 Å². The van der Waals surface area contributed by atoms with Crippen LogP contribution in [0.3, 0.4) is 0 Å². The number of aromatic nitrogens is 1. The van der Waals surface area contributed by atoms with E-state index in [-0.39, 0.29) is 11.2 Å². The Balaban J connectivity index is 2.86.